The number of benzene rings is 2. The van der Waals surface area contributed by atoms with Gasteiger partial charge in [0.2, 0.25) is 21.8 Å². The molecule has 192 valence electrons. The molecular formula is C26H31N3O6S. The third-order valence-corrected chi connectivity index (χ3v) is 7.98. The number of piperidine rings is 1. The average Bonchev–Trinajstić information content (AvgIpc) is 2.88. The van der Waals surface area contributed by atoms with Crippen LogP contribution < -0.4 is 10.0 Å². The maximum absolute atomic E-state index is 13.6. The molecule has 0 bridgehead atoms. The molecule has 0 unspecified atom stereocenters. The Morgan fingerprint density at radius 3 is 2.69 bits per heavy atom. The summed E-state index contributed by atoms with van der Waals surface area (Å²) in [6.45, 7) is 2.65. The van der Waals surface area contributed by atoms with Crippen molar-refractivity contribution in [3.63, 3.8) is 0 Å². The number of hydrogen-bond donors (Lipinski definition) is 2. The molecule has 1 fully saturated rings. The van der Waals surface area contributed by atoms with Gasteiger partial charge in [0.15, 0.2) is 0 Å². The summed E-state index contributed by atoms with van der Waals surface area (Å²) in [7, 11) is -4.05. The Kier molecular flexibility index (Phi) is 8.05. The van der Waals surface area contributed by atoms with Gasteiger partial charge in [-0.15, -0.1) is 0 Å². The van der Waals surface area contributed by atoms with E-state index >= 15 is 0 Å². The van der Waals surface area contributed by atoms with Gasteiger partial charge in [-0.2, -0.15) is 4.72 Å². The second-order valence-electron chi connectivity index (χ2n) is 9.11. The summed E-state index contributed by atoms with van der Waals surface area (Å²) in [5.74, 6) is -1.24. The fourth-order valence-corrected chi connectivity index (χ4v) is 5.90. The van der Waals surface area contributed by atoms with E-state index in [1.54, 1.807) is 24.0 Å². The highest BCUT2D eigenvalue weighted by atomic mass is 32.2. The van der Waals surface area contributed by atoms with Crippen molar-refractivity contribution in [2.24, 2.45) is 5.92 Å². The van der Waals surface area contributed by atoms with Crippen molar-refractivity contribution >= 4 is 33.5 Å². The van der Waals surface area contributed by atoms with Gasteiger partial charge in [-0.25, -0.2) is 8.42 Å². The predicted molar refractivity (Wildman–Crippen MR) is 134 cm³/mol. The van der Waals surface area contributed by atoms with Crippen LogP contribution in [0.3, 0.4) is 0 Å². The Morgan fingerprint density at radius 1 is 1.17 bits per heavy atom. The lowest BCUT2D eigenvalue weighted by Gasteiger charge is -2.34. The minimum Gasteiger partial charge on any atom is -0.466 e. The topological polar surface area (TPSA) is 122 Å². The zero-order chi connectivity index (χ0) is 25.7. The molecular weight excluding hydrogens is 482 g/mol. The molecule has 1 saturated heterocycles. The number of amides is 2. The minimum atomic E-state index is -4.05. The Bertz CT molecular complexity index is 1230. The molecule has 36 heavy (non-hydrogen) atoms. The van der Waals surface area contributed by atoms with E-state index in [2.05, 4.69) is 10.0 Å². The number of ether oxygens (including phenoxy) is 1. The number of fused-ring (bicyclic) bond motifs is 1. The number of carbonyl (C=O) groups excluding carboxylic acids is 3. The molecule has 2 atom stereocenters. The SMILES string of the molecule is CCOC(=O)[C@H]1CCCN(C(=O)[C@@H](Cc2ccccc2)NS(=O)(=O)c2ccc3c(c2)CCC(=O)N3)C1. The van der Waals surface area contributed by atoms with Crippen molar-refractivity contribution < 1.29 is 27.5 Å². The minimum absolute atomic E-state index is 0.0336. The maximum atomic E-state index is 13.6. The number of sulfonamides is 1. The van der Waals surface area contributed by atoms with Crippen molar-refractivity contribution in [1.82, 2.24) is 9.62 Å². The summed E-state index contributed by atoms with van der Waals surface area (Å²) in [5.41, 5.74) is 2.14. The summed E-state index contributed by atoms with van der Waals surface area (Å²) in [6.07, 6.45) is 2.16. The van der Waals surface area contributed by atoms with Crippen LogP contribution in [0.15, 0.2) is 53.4 Å². The van der Waals surface area contributed by atoms with E-state index in [4.69, 9.17) is 4.74 Å². The molecule has 0 aromatic heterocycles. The fourth-order valence-electron chi connectivity index (χ4n) is 4.66. The summed E-state index contributed by atoms with van der Waals surface area (Å²) in [6, 6.07) is 12.7. The van der Waals surface area contributed by atoms with Gasteiger partial charge in [0.05, 0.1) is 17.4 Å². The number of likely N-dealkylation sites (tertiary alicyclic amines) is 1. The molecule has 2 aliphatic rings. The average molecular weight is 514 g/mol. The molecule has 4 rings (SSSR count). The molecule has 9 nitrogen and oxygen atoms in total. The lowest BCUT2D eigenvalue weighted by molar-refractivity contribution is -0.151. The van der Waals surface area contributed by atoms with Crippen LogP contribution in [0.2, 0.25) is 0 Å². The largest absolute Gasteiger partial charge is 0.466 e. The van der Waals surface area contributed by atoms with Crippen molar-refractivity contribution in [3.05, 3.63) is 59.7 Å². The summed E-state index contributed by atoms with van der Waals surface area (Å²) in [4.78, 5) is 39.1. The van der Waals surface area contributed by atoms with Crippen LogP contribution in [0.4, 0.5) is 5.69 Å². The zero-order valence-electron chi connectivity index (χ0n) is 20.2. The molecule has 0 saturated carbocycles. The highest BCUT2D eigenvalue weighted by Crippen LogP contribution is 2.26. The van der Waals surface area contributed by atoms with Gasteiger partial charge in [-0.1, -0.05) is 30.3 Å². The number of esters is 1. The summed E-state index contributed by atoms with van der Waals surface area (Å²) >= 11 is 0. The summed E-state index contributed by atoms with van der Waals surface area (Å²) in [5, 5.41) is 2.74. The predicted octanol–water partition coefficient (Wildman–Crippen LogP) is 2.26. The third kappa shape index (κ3) is 6.11. The Labute approximate surface area is 211 Å². The zero-order valence-corrected chi connectivity index (χ0v) is 21.1. The van der Waals surface area contributed by atoms with Crippen LogP contribution >= 0.6 is 0 Å². The number of carbonyl (C=O) groups is 3. The molecule has 2 aromatic carbocycles. The maximum Gasteiger partial charge on any atom is 0.310 e. The van der Waals surface area contributed by atoms with E-state index in [1.165, 1.54) is 6.07 Å². The Balaban J connectivity index is 1.57. The highest BCUT2D eigenvalue weighted by Gasteiger charge is 2.35. The van der Waals surface area contributed by atoms with E-state index in [1.807, 2.05) is 30.3 Å². The number of nitrogens with zero attached hydrogens (tertiary/aromatic N) is 1. The molecule has 0 radical (unpaired) electrons. The van der Waals surface area contributed by atoms with Gasteiger partial charge in [0.25, 0.3) is 0 Å². The number of anilines is 1. The van der Waals surface area contributed by atoms with E-state index in [9.17, 15) is 22.8 Å². The first-order valence-electron chi connectivity index (χ1n) is 12.2. The molecule has 2 amide bonds. The van der Waals surface area contributed by atoms with E-state index in [0.717, 1.165) is 11.1 Å². The van der Waals surface area contributed by atoms with Crippen LogP contribution in [0.5, 0.6) is 0 Å². The molecule has 2 aromatic rings. The lowest BCUT2D eigenvalue weighted by atomic mass is 9.97. The highest BCUT2D eigenvalue weighted by molar-refractivity contribution is 7.89. The molecule has 2 N–H and O–H groups in total. The second kappa shape index (κ2) is 11.2. The third-order valence-electron chi connectivity index (χ3n) is 6.51. The van der Waals surface area contributed by atoms with Crippen LogP contribution in [0, 0.1) is 5.92 Å². The molecule has 2 heterocycles. The quantitative estimate of drug-likeness (QED) is 0.522. The van der Waals surface area contributed by atoms with Gasteiger partial charge in [-0.05, 0) is 61.9 Å². The number of nitrogens with one attached hydrogen (secondary N) is 2. The fraction of sp³-hybridized carbons (Fsp3) is 0.423. The molecule has 10 heteroatoms. The second-order valence-corrected chi connectivity index (χ2v) is 10.8. The smallest absolute Gasteiger partial charge is 0.310 e. The standard InChI is InChI=1S/C26H31N3O6S/c1-2-35-26(32)20-9-6-14-29(17-20)25(31)23(15-18-7-4-3-5-8-18)28-36(33,34)21-11-12-22-19(16-21)10-13-24(30)27-22/h3-5,7-8,11-12,16,20,23,28H,2,6,9-10,13-15,17H2,1H3,(H,27,30)/t20-,23+/m0/s1. The lowest BCUT2D eigenvalue weighted by Crippen LogP contribution is -2.53. The first-order valence-corrected chi connectivity index (χ1v) is 13.7. The van der Waals surface area contributed by atoms with Crippen LogP contribution in [0.1, 0.15) is 37.3 Å². The van der Waals surface area contributed by atoms with E-state index < -0.39 is 22.0 Å². The Hall–Kier alpha value is -3.24. The number of rotatable bonds is 8. The first-order chi connectivity index (χ1) is 17.3. The molecule has 0 spiro atoms. The molecule has 0 aliphatic carbocycles. The normalized spacial score (nSPS) is 18.6. The van der Waals surface area contributed by atoms with Crippen LogP contribution in [-0.2, 0) is 42.0 Å². The van der Waals surface area contributed by atoms with Crippen LogP contribution in [-0.4, -0.2) is 56.8 Å². The van der Waals surface area contributed by atoms with Crippen molar-refractivity contribution in [2.45, 2.75) is 50.0 Å². The monoisotopic (exact) mass is 513 g/mol. The van der Waals surface area contributed by atoms with Gasteiger partial charge in [0, 0.05) is 25.2 Å². The van der Waals surface area contributed by atoms with Gasteiger partial charge in [0.1, 0.15) is 6.04 Å². The van der Waals surface area contributed by atoms with Gasteiger partial charge >= 0.3 is 5.97 Å². The number of aryl methyl sites for hydroxylation is 1. The molecule has 2 aliphatic heterocycles. The first kappa shape index (κ1) is 25.8. The van der Waals surface area contributed by atoms with Crippen molar-refractivity contribution in [1.29, 1.82) is 0 Å². The summed E-state index contributed by atoms with van der Waals surface area (Å²) < 4.78 is 34.5. The van der Waals surface area contributed by atoms with Gasteiger partial charge in [-0.3, -0.25) is 14.4 Å². The van der Waals surface area contributed by atoms with Gasteiger partial charge < -0.3 is 15.0 Å². The Morgan fingerprint density at radius 2 is 1.94 bits per heavy atom. The van der Waals surface area contributed by atoms with E-state index in [0.29, 0.717) is 31.5 Å². The van der Waals surface area contributed by atoms with E-state index in [-0.39, 0.29) is 48.7 Å². The van der Waals surface area contributed by atoms with Crippen LogP contribution in [0.25, 0.3) is 0 Å². The van der Waals surface area contributed by atoms with Crippen molar-refractivity contribution in [2.75, 3.05) is 25.0 Å². The van der Waals surface area contributed by atoms with Crippen molar-refractivity contribution in [3.8, 4) is 0 Å². The number of hydrogen-bond acceptors (Lipinski definition) is 6.